The van der Waals surface area contributed by atoms with Gasteiger partial charge in [-0.25, -0.2) is 0 Å². The fourth-order valence-corrected chi connectivity index (χ4v) is 3.92. The van der Waals surface area contributed by atoms with E-state index in [-0.39, 0.29) is 49.6 Å². The van der Waals surface area contributed by atoms with Gasteiger partial charge in [-0.15, -0.1) is 0 Å². The van der Waals surface area contributed by atoms with E-state index in [1.54, 1.807) is 6.66 Å². The summed E-state index contributed by atoms with van der Waals surface area (Å²) in [6.45, 7) is 5.45. The van der Waals surface area contributed by atoms with Gasteiger partial charge in [-0.2, -0.15) is 0 Å². The Morgan fingerprint density at radius 1 is 0.821 bits per heavy atom. The Bertz CT molecular complexity index is 685. The van der Waals surface area contributed by atoms with Crippen molar-refractivity contribution in [3.05, 3.63) is 0 Å². The van der Waals surface area contributed by atoms with Crippen molar-refractivity contribution in [3.8, 4) is 0 Å². The summed E-state index contributed by atoms with van der Waals surface area (Å²) in [5.74, 6) is -0.308. The molecule has 2 unspecified atom stereocenters. The quantitative estimate of drug-likeness (QED) is 0.0715. The smallest absolute Gasteiger partial charge is 0.305 e. The Morgan fingerprint density at radius 3 is 1.97 bits per heavy atom. The molecule has 0 bridgehead atoms. The highest BCUT2D eigenvalue weighted by Crippen LogP contribution is 2.36. The van der Waals surface area contributed by atoms with Crippen LogP contribution in [0, 0.1) is 5.92 Å². The summed E-state index contributed by atoms with van der Waals surface area (Å²) in [4.78, 5) is 44.5. The molecule has 0 fully saturated rings. The minimum Gasteiger partial charge on any atom is -0.469 e. The number of carbonyl (C=O) groups is 3. The van der Waals surface area contributed by atoms with Gasteiger partial charge in [-0.05, 0) is 38.5 Å². The Kier molecular flexibility index (Phi) is 24.8. The molecule has 3 N–H and O–H groups in total. The van der Waals surface area contributed by atoms with Gasteiger partial charge in [-0.3, -0.25) is 14.4 Å². The van der Waals surface area contributed by atoms with Crippen molar-refractivity contribution in [1.29, 1.82) is 0 Å². The van der Waals surface area contributed by atoms with Gasteiger partial charge in [0.25, 0.3) is 0 Å². The lowest BCUT2D eigenvalue weighted by atomic mass is 10.0. The SMILES string of the molecule is C=P(C)(O)OCC(CO)CCCCNC(=O)CCC(=O)CCCCOCCOCCOCCCCC(=O)OC. The van der Waals surface area contributed by atoms with Crippen LogP contribution in [-0.4, -0.2) is 107 Å². The summed E-state index contributed by atoms with van der Waals surface area (Å²) < 4.78 is 26.2. The highest BCUT2D eigenvalue weighted by molar-refractivity contribution is 7.62. The number of unbranched alkanes of at least 4 members (excludes halogenated alkanes) is 3. The van der Waals surface area contributed by atoms with Crippen LogP contribution in [0.1, 0.15) is 70.6 Å². The number of aliphatic hydroxyl groups is 1. The molecule has 11 nitrogen and oxygen atoms in total. The third-order valence-electron chi connectivity index (χ3n) is 5.72. The van der Waals surface area contributed by atoms with Crippen LogP contribution in [0.15, 0.2) is 0 Å². The molecule has 0 spiro atoms. The molecule has 0 heterocycles. The van der Waals surface area contributed by atoms with E-state index < -0.39 is 7.34 Å². The van der Waals surface area contributed by atoms with Gasteiger partial charge < -0.3 is 38.8 Å². The molecule has 0 radical (unpaired) electrons. The minimum absolute atomic E-state index is 0.0195. The van der Waals surface area contributed by atoms with Crippen molar-refractivity contribution >= 4 is 31.3 Å². The number of aliphatic hydroxyl groups excluding tert-OH is 1. The van der Waals surface area contributed by atoms with E-state index in [4.69, 9.17) is 18.7 Å². The van der Waals surface area contributed by atoms with Gasteiger partial charge in [0.2, 0.25) is 5.91 Å². The van der Waals surface area contributed by atoms with Crippen molar-refractivity contribution in [1.82, 2.24) is 5.32 Å². The molecule has 1 amide bonds. The first kappa shape index (κ1) is 37.7. The summed E-state index contributed by atoms with van der Waals surface area (Å²) >= 11 is 0. The summed E-state index contributed by atoms with van der Waals surface area (Å²) in [6, 6.07) is 0. The van der Waals surface area contributed by atoms with Crippen molar-refractivity contribution in [2.24, 2.45) is 5.92 Å². The first-order valence-electron chi connectivity index (χ1n) is 14.0. The third kappa shape index (κ3) is 28.0. The highest BCUT2D eigenvalue weighted by atomic mass is 31.2. The van der Waals surface area contributed by atoms with Gasteiger partial charge in [0, 0.05) is 64.6 Å². The molecule has 0 rings (SSSR count). The van der Waals surface area contributed by atoms with E-state index in [1.807, 2.05) is 0 Å². The number of amides is 1. The molecular weight excluding hydrogens is 529 g/mol. The van der Waals surface area contributed by atoms with Crippen LogP contribution in [0.2, 0.25) is 0 Å². The Morgan fingerprint density at radius 2 is 1.41 bits per heavy atom. The molecule has 0 aromatic heterocycles. The summed E-state index contributed by atoms with van der Waals surface area (Å²) in [7, 11) is -1.17. The number of carbonyl (C=O) groups excluding carboxylic acids is 3. The predicted octanol–water partition coefficient (Wildman–Crippen LogP) is 2.71. The van der Waals surface area contributed by atoms with Gasteiger partial charge >= 0.3 is 5.97 Å². The Hall–Kier alpha value is -1.33. The van der Waals surface area contributed by atoms with Crippen LogP contribution in [0.25, 0.3) is 0 Å². The molecule has 0 aromatic rings. The average molecular weight is 582 g/mol. The second-order valence-electron chi connectivity index (χ2n) is 9.61. The molecule has 230 valence electrons. The van der Waals surface area contributed by atoms with Gasteiger partial charge in [0.15, 0.2) is 0 Å². The lowest BCUT2D eigenvalue weighted by Gasteiger charge is -2.18. The van der Waals surface area contributed by atoms with E-state index in [0.29, 0.717) is 59.0 Å². The van der Waals surface area contributed by atoms with E-state index in [9.17, 15) is 24.4 Å². The molecule has 0 aliphatic heterocycles. The number of esters is 1. The average Bonchev–Trinajstić information content (AvgIpc) is 2.90. The second kappa shape index (κ2) is 25.6. The first-order chi connectivity index (χ1) is 18.7. The molecule has 0 aliphatic carbocycles. The van der Waals surface area contributed by atoms with Gasteiger partial charge in [0.05, 0.1) is 40.1 Å². The van der Waals surface area contributed by atoms with Gasteiger partial charge in [-0.1, -0.05) is 12.7 Å². The van der Waals surface area contributed by atoms with Crippen LogP contribution >= 0.6 is 7.34 Å². The van der Waals surface area contributed by atoms with E-state index in [1.165, 1.54) is 7.11 Å². The molecule has 2 atom stereocenters. The number of methoxy groups -OCH3 is 1. The van der Waals surface area contributed by atoms with Crippen LogP contribution in [0.5, 0.6) is 0 Å². The van der Waals surface area contributed by atoms with Crippen molar-refractivity contribution in [3.63, 3.8) is 0 Å². The Balaban J connectivity index is 3.46. The fraction of sp³-hybridized carbons (Fsp3) is 0.852. The molecule has 0 saturated carbocycles. The third-order valence-corrected chi connectivity index (χ3v) is 6.43. The number of hydrogen-bond acceptors (Lipinski definition) is 10. The number of rotatable bonds is 28. The zero-order valence-corrected chi connectivity index (χ0v) is 24.9. The van der Waals surface area contributed by atoms with Crippen LogP contribution in [0.4, 0.5) is 0 Å². The Labute approximate surface area is 234 Å². The highest BCUT2D eigenvalue weighted by Gasteiger charge is 2.12. The molecule has 12 heteroatoms. The van der Waals surface area contributed by atoms with Crippen molar-refractivity contribution < 1.29 is 47.9 Å². The standard InChI is InChI=1S/C27H52NO10P/c1-34-27(32)12-6-9-17-36-19-21-37-20-18-35-16-8-5-11-25(30)13-14-26(31)28-15-7-4-10-24(22-29)23-38-39(2,3)33/h24,29,33H,2,4-23H2,1,3H3,(H,28,31). The number of nitrogens with one attached hydrogen (secondary N) is 1. The van der Waals surface area contributed by atoms with Crippen molar-refractivity contribution in [2.75, 3.05) is 73.2 Å². The monoisotopic (exact) mass is 581 g/mol. The maximum Gasteiger partial charge on any atom is 0.305 e. The fourth-order valence-electron chi connectivity index (χ4n) is 3.39. The molecule has 0 saturated heterocycles. The maximum atomic E-state index is 12.0. The lowest BCUT2D eigenvalue weighted by Crippen LogP contribution is -2.25. The van der Waals surface area contributed by atoms with Crippen LogP contribution < -0.4 is 5.32 Å². The molecule has 0 aromatic carbocycles. The number of Topliss-reactive ketones (excluding diaryl/α,β-unsaturated/α-hetero) is 1. The lowest BCUT2D eigenvalue weighted by molar-refractivity contribution is -0.140. The minimum atomic E-state index is -2.55. The largest absolute Gasteiger partial charge is 0.469 e. The summed E-state index contributed by atoms with van der Waals surface area (Å²) in [6.07, 6.45) is 10.2. The van der Waals surface area contributed by atoms with E-state index >= 15 is 0 Å². The number of hydrogen-bond donors (Lipinski definition) is 3. The van der Waals surface area contributed by atoms with E-state index in [2.05, 4.69) is 16.4 Å². The maximum absolute atomic E-state index is 12.0. The summed E-state index contributed by atoms with van der Waals surface area (Å²) in [5.41, 5.74) is 0. The van der Waals surface area contributed by atoms with Crippen LogP contribution in [0.3, 0.4) is 0 Å². The zero-order valence-electron chi connectivity index (χ0n) is 24.0. The van der Waals surface area contributed by atoms with E-state index in [0.717, 1.165) is 44.9 Å². The van der Waals surface area contributed by atoms with Gasteiger partial charge in [0.1, 0.15) is 13.1 Å². The number of ether oxygens (including phenoxy) is 4. The predicted molar refractivity (Wildman–Crippen MR) is 152 cm³/mol. The normalized spacial score (nSPS) is 13.5. The molecular formula is C27H52NO10P. The summed E-state index contributed by atoms with van der Waals surface area (Å²) in [5, 5.41) is 12.2. The second-order valence-corrected chi connectivity index (χ2v) is 12.0. The first-order valence-corrected chi connectivity index (χ1v) is 16.2. The van der Waals surface area contributed by atoms with Crippen molar-refractivity contribution in [2.45, 2.75) is 70.6 Å². The zero-order chi connectivity index (χ0) is 29.2. The molecule has 0 aliphatic rings. The van der Waals surface area contributed by atoms with Crippen LogP contribution in [-0.2, 0) is 37.9 Å². The number of ketones is 1. The molecule has 39 heavy (non-hydrogen) atoms. The topological polar surface area (TPSA) is 150 Å².